The molecule has 0 unspecified atom stereocenters. The number of halogens is 1. The van der Waals surface area contributed by atoms with Gasteiger partial charge in [0.2, 0.25) is 5.91 Å². The second-order valence-corrected chi connectivity index (χ2v) is 7.74. The summed E-state index contributed by atoms with van der Waals surface area (Å²) in [6.45, 7) is -0.179. The molecule has 1 amide bonds. The fraction of sp³-hybridized carbons (Fsp3) is 0.160. The second kappa shape index (κ2) is 9.14. The van der Waals surface area contributed by atoms with Crippen LogP contribution in [0.25, 0.3) is 11.1 Å². The van der Waals surface area contributed by atoms with Crippen molar-refractivity contribution in [3.63, 3.8) is 0 Å². The van der Waals surface area contributed by atoms with Gasteiger partial charge in [0.15, 0.2) is 12.4 Å². The molecule has 0 aliphatic carbocycles. The summed E-state index contributed by atoms with van der Waals surface area (Å²) in [7, 11) is 0. The Hall–Kier alpha value is -3.44. The van der Waals surface area contributed by atoms with E-state index in [1.165, 1.54) is 4.90 Å². The Balaban J connectivity index is 1.34. The fourth-order valence-electron chi connectivity index (χ4n) is 3.59. The molecule has 1 saturated heterocycles. The van der Waals surface area contributed by atoms with Gasteiger partial charge in [-0.25, -0.2) is 0 Å². The van der Waals surface area contributed by atoms with Crippen LogP contribution in [0.2, 0.25) is 5.02 Å². The summed E-state index contributed by atoms with van der Waals surface area (Å²) in [6, 6.07) is 24.0. The number of hydrogen-bond donors (Lipinski definition) is 0. The zero-order valence-corrected chi connectivity index (χ0v) is 17.4. The van der Waals surface area contributed by atoms with Gasteiger partial charge in [-0.1, -0.05) is 78.3 Å². The van der Waals surface area contributed by atoms with Crippen molar-refractivity contribution >= 4 is 34.9 Å². The number of carbonyl (C=O) groups excluding carboxylic acids is 3. The molecular weight excluding hydrogens is 414 g/mol. The third-order valence-electron chi connectivity index (χ3n) is 5.26. The molecule has 0 spiro atoms. The lowest BCUT2D eigenvalue weighted by Gasteiger charge is -2.17. The SMILES string of the molecule is O=C(COC(=O)[C@@H]1CC(=O)N(c2ccccc2Cl)C1)c1ccc(-c2ccccc2)cc1. The van der Waals surface area contributed by atoms with E-state index < -0.39 is 11.9 Å². The van der Waals surface area contributed by atoms with Crippen LogP contribution in [0.4, 0.5) is 5.69 Å². The predicted octanol–water partition coefficient (Wildman–Crippen LogP) is 4.79. The van der Waals surface area contributed by atoms with Crippen LogP contribution < -0.4 is 4.90 Å². The summed E-state index contributed by atoms with van der Waals surface area (Å²) in [5, 5.41) is 0.444. The van der Waals surface area contributed by atoms with Crippen LogP contribution in [0.5, 0.6) is 0 Å². The molecule has 6 heteroatoms. The van der Waals surface area contributed by atoms with Gasteiger partial charge in [-0.3, -0.25) is 14.4 Å². The molecule has 3 aromatic carbocycles. The first kappa shape index (κ1) is 20.8. The number of carbonyl (C=O) groups is 3. The average Bonchev–Trinajstić information content (AvgIpc) is 3.19. The van der Waals surface area contributed by atoms with Crippen molar-refractivity contribution in [2.45, 2.75) is 6.42 Å². The zero-order chi connectivity index (χ0) is 21.8. The Kier molecular flexibility index (Phi) is 6.14. The quantitative estimate of drug-likeness (QED) is 0.414. The van der Waals surface area contributed by atoms with E-state index in [4.69, 9.17) is 16.3 Å². The first-order valence-corrected chi connectivity index (χ1v) is 10.3. The number of rotatable bonds is 6. The van der Waals surface area contributed by atoms with Crippen molar-refractivity contribution in [2.24, 2.45) is 5.92 Å². The van der Waals surface area contributed by atoms with Crippen molar-refractivity contribution in [1.29, 1.82) is 0 Å². The highest BCUT2D eigenvalue weighted by molar-refractivity contribution is 6.33. The summed E-state index contributed by atoms with van der Waals surface area (Å²) >= 11 is 6.16. The standard InChI is InChI=1S/C25H20ClNO4/c26-21-8-4-5-9-22(21)27-15-20(14-24(27)29)25(30)31-16-23(28)19-12-10-18(11-13-19)17-6-2-1-3-7-17/h1-13,20H,14-16H2/t20-/m1/s1. The van der Waals surface area contributed by atoms with Gasteiger partial charge < -0.3 is 9.64 Å². The molecule has 156 valence electrons. The van der Waals surface area contributed by atoms with Crippen LogP contribution in [0.1, 0.15) is 16.8 Å². The summed E-state index contributed by atoms with van der Waals surface area (Å²) < 4.78 is 5.22. The van der Waals surface area contributed by atoms with Gasteiger partial charge in [-0.2, -0.15) is 0 Å². The number of para-hydroxylation sites is 1. The highest BCUT2D eigenvalue weighted by Gasteiger charge is 2.37. The summed E-state index contributed by atoms with van der Waals surface area (Å²) in [5.74, 6) is -1.67. The highest BCUT2D eigenvalue weighted by atomic mass is 35.5. The minimum atomic E-state index is -0.628. The van der Waals surface area contributed by atoms with Gasteiger partial charge in [0, 0.05) is 18.5 Å². The number of ketones is 1. The fourth-order valence-corrected chi connectivity index (χ4v) is 3.82. The van der Waals surface area contributed by atoms with Crippen molar-refractivity contribution in [3.8, 4) is 11.1 Å². The molecule has 1 fully saturated rings. The van der Waals surface area contributed by atoms with E-state index in [1.807, 2.05) is 42.5 Å². The maximum Gasteiger partial charge on any atom is 0.311 e. The van der Waals surface area contributed by atoms with Crippen LogP contribution in [-0.2, 0) is 14.3 Å². The molecule has 0 saturated carbocycles. The minimum Gasteiger partial charge on any atom is -0.457 e. The largest absolute Gasteiger partial charge is 0.457 e. The van der Waals surface area contributed by atoms with E-state index in [0.717, 1.165) is 11.1 Å². The number of benzene rings is 3. The number of hydrogen-bond acceptors (Lipinski definition) is 4. The summed E-state index contributed by atoms with van der Waals surface area (Å²) in [5.41, 5.74) is 3.09. The lowest BCUT2D eigenvalue weighted by molar-refractivity contribution is -0.147. The molecule has 5 nitrogen and oxygen atoms in total. The Morgan fingerprint density at radius 3 is 2.26 bits per heavy atom. The van der Waals surface area contributed by atoms with Crippen molar-refractivity contribution in [2.75, 3.05) is 18.1 Å². The molecule has 1 atom stereocenters. The highest BCUT2D eigenvalue weighted by Crippen LogP contribution is 2.31. The van der Waals surface area contributed by atoms with Crippen molar-refractivity contribution < 1.29 is 19.1 Å². The smallest absolute Gasteiger partial charge is 0.311 e. The Morgan fingerprint density at radius 1 is 0.903 bits per heavy atom. The molecule has 0 bridgehead atoms. The number of amides is 1. The first-order valence-electron chi connectivity index (χ1n) is 9.93. The maximum atomic E-state index is 12.4. The molecule has 0 N–H and O–H groups in total. The van der Waals surface area contributed by atoms with E-state index in [0.29, 0.717) is 16.3 Å². The third kappa shape index (κ3) is 4.67. The van der Waals surface area contributed by atoms with Crippen LogP contribution in [-0.4, -0.2) is 30.8 Å². The predicted molar refractivity (Wildman–Crippen MR) is 119 cm³/mol. The van der Waals surface area contributed by atoms with Gasteiger partial charge in [0.25, 0.3) is 0 Å². The second-order valence-electron chi connectivity index (χ2n) is 7.33. The van der Waals surface area contributed by atoms with E-state index in [9.17, 15) is 14.4 Å². The van der Waals surface area contributed by atoms with Crippen LogP contribution in [0.15, 0.2) is 78.9 Å². The van der Waals surface area contributed by atoms with Gasteiger partial charge in [0.05, 0.1) is 16.6 Å². The normalized spacial score (nSPS) is 15.7. The van der Waals surface area contributed by atoms with E-state index >= 15 is 0 Å². The molecule has 1 aliphatic rings. The molecule has 31 heavy (non-hydrogen) atoms. The summed E-state index contributed by atoms with van der Waals surface area (Å²) in [4.78, 5) is 38.7. The van der Waals surface area contributed by atoms with Crippen molar-refractivity contribution in [1.82, 2.24) is 0 Å². The van der Waals surface area contributed by atoms with Crippen LogP contribution >= 0.6 is 11.6 Å². The van der Waals surface area contributed by atoms with Gasteiger partial charge >= 0.3 is 5.97 Å². The Morgan fingerprint density at radius 2 is 1.55 bits per heavy atom. The van der Waals surface area contributed by atoms with Gasteiger partial charge in [0.1, 0.15) is 0 Å². The topological polar surface area (TPSA) is 63.7 Å². The maximum absolute atomic E-state index is 12.4. The average molecular weight is 434 g/mol. The Bertz CT molecular complexity index is 1110. The van der Waals surface area contributed by atoms with Crippen LogP contribution in [0.3, 0.4) is 0 Å². The van der Waals surface area contributed by atoms with Gasteiger partial charge in [-0.05, 0) is 23.3 Å². The third-order valence-corrected chi connectivity index (χ3v) is 5.58. The minimum absolute atomic E-state index is 0.0318. The zero-order valence-electron chi connectivity index (χ0n) is 16.7. The first-order chi connectivity index (χ1) is 15.0. The lowest BCUT2D eigenvalue weighted by atomic mass is 10.0. The number of esters is 1. The Labute approximate surface area is 185 Å². The number of nitrogens with zero attached hydrogens (tertiary/aromatic N) is 1. The molecule has 0 aromatic heterocycles. The molecule has 3 aromatic rings. The van der Waals surface area contributed by atoms with Crippen molar-refractivity contribution in [3.05, 3.63) is 89.4 Å². The van der Waals surface area contributed by atoms with E-state index in [-0.39, 0.29) is 31.3 Å². The molecule has 0 radical (unpaired) electrons. The molecule has 1 heterocycles. The molecular formula is C25H20ClNO4. The van der Waals surface area contributed by atoms with Crippen LogP contribution in [0, 0.1) is 5.92 Å². The van der Waals surface area contributed by atoms with Gasteiger partial charge in [-0.15, -0.1) is 0 Å². The molecule has 1 aliphatic heterocycles. The number of ether oxygens (including phenoxy) is 1. The summed E-state index contributed by atoms with van der Waals surface area (Å²) in [6.07, 6.45) is 0.0318. The van der Waals surface area contributed by atoms with E-state index in [1.54, 1.807) is 36.4 Å². The lowest BCUT2D eigenvalue weighted by Crippen LogP contribution is -2.27. The number of anilines is 1. The van der Waals surface area contributed by atoms with E-state index in [2.05, 4.69) is 0 Å². The molecule has 4 rings (SSSR count). The monoisotopic (exact) mass is 433 g/mol. The number of Topliss-reactive ketones (excluding diaryl/α,β-unsaturated/α-hetero) is 1.